The van der Waals surface area contributed by atoms with Crippen molar-refractivity contribution in [1.29, 1.82) is 0 Å². The van der Waals surface area contributed by atoms with Crippen molar-refractivity contribution in [3.05, 3.63) is 24.3 Å². The highest BCUT2D eigenvalue weighted by atomic mass is 16.5. The molecule has 3 heteroatoms. The lowest BCUT2D eigenvalue weighted by Crippen LogP contribution is -2.39. The maximum Gasteiger partial charge on any atom is 0.123 e. The molecular formula is C15H25NO2. The summed E-state index contributed by atoms with van der Waals surface area (Å²) < 4.78 is 11.0. The molecule has 0 radical (unpaired) electrons. The number of nitrogens with one attached hydrogen (secondary N) is 1. The van der Waals surface area contributed by atoms with Crippen LogP contribution in [0, 0.1) is 5.92 Å². The first kappa shape index (κ1) is 14.8. The first-order chi connectivity index (χ1) is 8.67. The van der Waals surface area contributed by atoms with E-state index in [1.165, 1.54) is 0 Å². The zero-order valence-corrected chi connectivity index (χ0v) is 11.9. The summed E-state index contributed by atoms with van der Waals surface area (Å²) in [6.45, 7) is 8.31. The Balaban J connectivity index is 2.49. The van der Waals surface area contributed by atoms with Gasteiger partial charge in [-0.2, -0.15) is 0 Å². The highest BCUT2D eigenvalue weighted by molar-refractivity contribution is 5.32. The van der Waals surface area contributed by atoms with Crippen molar-refractivity contribution in [1.82, 2.24) is 5.32 Å². The molecule has 1 rings (SSSR count). The van der Waals surface area contributed by atoms with Gasteiger partial charge in [-0.05, 0) is 31.0 Å². The molecule has 0 heterocycles. The van der Waals surface area contributed by atoms with Crippen molar-refractivity contribution in [2.75, 3.05) is 20.3 Å². The lowest BCUT2D eigenvalue weighted by molar-refractivity contribution is 0.230. The van der Waals surface area contributed by atoms with Crippen molar-refractivity contribution >= 4 is 0 Å². The van der Waals surface area contributed by atoms with Gasteiger partial charge in [-0.25, -0.2) is 0 Å². The minimum Gasteiger partial charge on any atom is -0.497 e. The predicted molar refractivity (Wildman–Crippen MR) is 75.4 cm³/mol. The molecule has 0 saturated carbocycles. The van der Waals surface area contributed by atoms with Gasteiger partial charge in [0.05, 0.1) is 7.11 Å². The van der Waals surface area contributed by atoms with Gasteiger partial charge < -0.3 is 14.8 Å². The maximum atomic E-state index is 5.83. The second-order valence-corrected chi connectivity index (χ2v) is 4.79. The molecule has 1 aromatic carbocycles. The molecule has 102 valence electrons. The smallest absolute Gasteiger partial charge is 0.123 e. The van der Waals surface area contributed by atoms with Crippen LogP contribution in [-0.2, 0) is 0 Å². The van der Waals surface area contributed by atoms with E-state index in [4.69, 9.17) is 9.47 Å². The summed E-state index contributed by atoms with van der Waals surface area (Å²) in [5.74, 6) is 2.25. The van der Waals surface area contributed by atoms with Crippen LogP contribution in [0.5, 0.6) is 11.5 Å². The van der Waals surface area contributed by atoms with E-state index in [0.29, 0.717) is 18.6 Å². The molecule has 18 heavy (non-hydrogen) atoms. The number of benzene rings is 1. The number of ether oxygens (including phenoxy) is 2. The molecule has 0 aliphatic rings. The Morgan fingerprint density at radius 3 is 2.56 bits per heavy atom. The second kappa shape index (κ2) is 7.98. The third kappa shape index (κ3) is 4.96. The number of hydrogen-bond acceptors (Lipinski definition) is 3. The fourth-order valence-electron chi connectivity index (χ4n) is 1.69. The summed E-state index contributed by atoms with van der Waals surface area (Å²) in [7, 11) is 1.67. The van der Waals surface area contributed by atoms with E-state index in [1.54, 1.807) is 7.11 Å². The molecule has 0 aromatic heterocycles. The molecule has 0 amide bonds. The molecule has 0 aliphatic carbocycles. The van der Waals surface area contributed by atoms with E-state index in [-0.39, 0.29) is 0 Å². The Morgan fingerprint density at radius 1 is 1.22 bits per heavy atom. The average molecular weight is 251 g/mol. The molecule has 1 aromatic rings. The van der Waals surface area contributed by atoms with Crippen LogP contribution in [0.15, 0.2) is 24.3 Å². The topological polar surface area (TPSA) is 30.5 Å². The quantitative estimate of drug-likeness (QED) is 0.770. The Labute approximate surface area is 110 Å². The van der Waals surface area contributed by atoms with Gasteiger partial charge in [-0.3, -0.25) is 0 Å². The number of rotatable bonds is 8. The molecule has 3 nitrogen and oxygen atoms in total. The van der Waals surface area contributed by atoms with Crippen LogP contribution in [-0.4, -0.2) is 26.3 Å². The fraction of sp³-hybridized carbons (Fsp3) is 0.600. The molecule has 1 unspecified atom stereocenters. The van der Waals surface area contributed by atoms with Gasteiger partial charge in [-0.15, -0.1) is 0 Å². The second-order valence-electron chi connectivity index (χ2n) is 4.79. The number of hydrogen-bond donors (Lipinski definition) is 1. The summed E-state index contributed by atoms with van der Waals surface area (Å²) >= 11 is 0. The van der Waals surface area contributed by atoms with Crippen LogP contribution in [0.25, 0.3) is 0 Å². The van der Waals surface area contributed by atoms with E-state index >= 15 is 0 Å². The molecule has 1 atom stereocenters. The van der Waals surface area contributed by atoms with E-state index < -0.39 is 0 Å². The number of methoxy groups -OCH3 is 1. The van der Waals surface area contributed by atoms with Gasteiger partial charge in [0.25, 0.3) is 0 Å². The average Bonchev–Trinajstić information content (AvgIpc) is 2.38. The standard InChI is InChI=1S/C15H25NO2/c1-5-9-16-15(12(2)3)11-18-14-8-6-7-13(10-14)17-4/h6-8,10,12,15-16H,5,9,11H2,1-4H3. The Hall–Kier alpha value is -1.22. The summed E-state index contributed by atoms with van der Waals surface area (Å²) in [5.41, 5.74) is 0. The van der Waals surface area contributed by atoms with Crippen LogP contribution < -0.4 is 14.8 Å². The minimum atomic E-state index is 0.385. The largest absolute Gasteiger partial charge is 0.497 e. The molecule has 0 bridgehead atoms. The molecule has 1 N–H and O–H groups in total. The molecule has 0 spiro atoms. The summed E-state index contributed by atoms with van der Waals surface area (Å²) in [5, 5.41) is 3.51. The first-order valence-electron chi connectivity index (χ1n) is 6.67. The third-order valence-electron chi connectivity index (χ3n) is 2.93. The van der Waals surface area contributed by atoms with Crippen molar-refractivity contribution in [3.8, 4) is 11.5 Å². The van der Waals surface area contributed by atoms with Gasteiger partial charge in [0.1, 0.15) is 18.1 Å². The zero-order chi connectivity index (χ0) is 13.4. The van der Waals surface area contributed by atoms with Crippen LogP contribution in [0.1, 0.15) is 27.2 Å². The SMILES string of the molecule is CCCNC(COc1cccc(OC)c1)C(C)C. The molecule has 0 aliphatic heterocycles. The van der Waals surface area contributed by atoms with E-state index in [0.717, 1.165) is 24.5 Å². The van der Waals surface area contributed by atoms with Crippen LogP contribution in [0.4, 0.5) is 0 Å². The Kier molecular flexibility index (Phi) is 6.58. The lowest BCUT2D eigenvalue weighted by atomic mass is 10.1. The van der Waals surface area contributed by atoms with E-state index in [2.05, 4.69) is 26.1 Å². The van der Waals surface area contributed by atoms with Gasteiger partial charge in [0.2, 0.25) is 0 Å². The van der Waals surface area contributed by atoms with Crippen LogP contribution in [0.2, 0.25) is 0 Å². The molecule has 0 saturated heterocycles. The van der Waals surface area contributed by atoms with E-state index in [9.17, 15) is 0 Å². The monoisotopic (exact) mass is 251 g/mol. The normalized spacial score (nSPS) is 12.5. The van der Waals surface area contributed by atoms with Gasteiger partial charge >= 0.3 is 0 Å². The summed E-state index contributed by atoms with van der Waals surface area (Å²) in [4.78, 5) is 0. The van der Waals surface area contributed by atoms with Crippen molar-refractivity contribution < 1.29 is 9.47 Å². The van der Waals surface area contributed by atoms with Crippen molar-refractivity contribution in [2.24, 2.45) is 5.92 Å². The summed E-state index contributed by atoms with van der Waals surface area (Å²) in [6, 6.07) is 8.12. The first-order valence-corrected chi connectivity index (χ1v) is 6.67. The highest BCUT2D eigenvalue weighted by Crippen LogP contribution is 2.19. The van der Waals surface area contributed by atoms with E-state index in [1.807, 2.05) is 24.3 Å². The Morgan fingerprint density at radius 2 is 1.94 bits per heavy atom. The zero-order valence-electron chi connectivity index (χ0n) is 11.9. The highest BCUT2D eigenvalue weighted by Gasteiger charge is 2.13. The van der Waals surface area contributed by atoms with Gasteiger partial charge in [0.15, 0.2) is 0 Å². The van der Waals surface area contributed by atoms with Gasteiger partial charge in [0, 0.05) is 12.1 Å². The lowest BCUT2D eigenvalue weighted by Gasteiger charge is -2.22. The molecular weight excluding hydrogens is 226 g/mol. The predicted octanol–water partition coefficient (Wildman–Crippen LogP) is 3.10. The van der Waals surface area contributed by atoms with Gasteiger partial charge in [-0.1, -0.05) is 26.8 Å². The van der Waals surface area contributed by atoms with Crippen molar-refractivity contribution in [2.45, 2.75) is 33.2 Å². The third-order valence-corrected chi connectivity index (χ3v) is 2.93. The Bertz CT molecular complexity index is 339. The minimum absolute atomic E-state index is 0.385. The van der Waals surface area contributed by atoms with Crippen LogP contribution >= 0.6 is 0 Å². The molecule has 0 fully saturated rings. The van der Waals surface area contributed by atoms with Crippen molar-refractivity contribution in [3.63, 3.8) is 0 Å². The van der Waals surface area contributed by atoms with Crippen LogP contribution in [0.3, 0.4) is 0 Å². The fourth-order valence-corrected chi connectivity index (χ4v) is 1.69. The maximum absolute atomic E-state index is 5.83. The summed E-state index contributed by atoms with van der Waals surface area (Å²) in [6.07, 6.45) is 1.14.